The lowest BCUT2D eigenvalue weighted by Crippen LogP contribution is -1.87. The Morgan fingerprint density at radius 2 is 1.72 bits per heavy atom. The summed E-state index contributed by atoms with van der Waals surface area (Å²) in [4.78, 5) is 4.42. The van der Waals surface area contributed by atoms with Crippen LogP contribution in [0, 0.1) is 20.8 Å². The molecule has 0 aliphatic rings. The number of aryl methyl sites for hydroxylation is 3. The highest BCUT2D eigenvalue weighted by atomic mass is 79.9. The molecule has 0 atom stereocenters. The number of hydrogen-bond donors (Lipinski definition) is 0. The lowest BCUT2D eigenvalue weighted by Gasteiger charge is -2.06. The summed E-state index contributed by atoms with van der Waals surface area (Å²) in [6, 6.07) is 8.81. The van der Waals surface area contributed by atoms with Gasteiger partial charge in [-0.2, -0.15) is 0 Å². The van der Waals surface area contributed by atoms with Crippen molar-refractivity contribution in [2.75, 3.05) is 0 Å². The van der Waals surface area contributed by atoms with Gasteiger partial charge in [-0.3, -0.25) is 0 Å². The van der Waals surface area contributed by atoms with Gasteiger partial charge in [0.1, 0.15) is 0 Å². The number of pyridine rings is 1. The lowest BCUT2D eigenvalue weighted by molar-refractivity contribution is 1.10. The molecular weight excluding hydrogens is 306 g/mol. The molecule has 0 aliphatic heterocycles. The van der Waals surface area contributed by atoms with Crippen LogP contribution in [0.1, 0.15) is 22.3 Å². The summed E-state index contributed by atoms with van der Waals surface area (Å²) in [5.74, 6) is 0.969. The van der Waals surface area contributed by atoms with Crippen LogP contribution >= 0.6 is 27.7 Å². The highest BCUT2D eigenvalue weighted by Gasteiger charge is 2.02. The summed E-state index contributed by atoms with van der Waals surface area (Å²) >= 11 is 5.25. The Morgan fingerprint density at radius 1 is 1.06 bits per heavy atom. The third-order valence-corrected chi connectivity index (χ3v) is 4.52. The summed E-state index contributed by atoms with van der Waals surface area (Å²) in [6.45, 7) is 6.37. The van der Waals surface area contributed by atoms with Crippen LogP contribution < -0.4 is 0 Å². The maximum atomic E-state index is 4.42. The molecule has 3 heteroatoms. The van der Waals surface area contributed by atoms with Crippen molar-refractivity contribution in [2.45, 2.75) is 31.6 Å². The zero-order valence-electron chi connectivity index (χ0n) is 10.8. The van der Waals surface area contributed by atoms with Crippen LogP contribution in [0.15, 0.2) is 40.0 Å². The summed E-state index contributed by atoms with van der Waals surface area (Å²) < 4.78 is 1.07. The van der Waals surface area contributed by atoms with E-state index in [0.29, 0.717) is 0 Å². The predicted octanol–water partition coefficient (Wildman–Crippen LogP) is 5.06. The molecule has 0 amide bonds. The van der Waals surface area contributed by atoms with Gasteiger partial charge in [0.15, 0.2) is 0 Å². The van der Waals surface area contributed by atoms with E-state index in [2.05, 4.69) is 66.0 Å². The Bertz CT molecular complexity index is 546. The molecule has 0 saturated heterocycles. The average Bonchev–Trinajstić information content (AvgIpc) is 2.29. The van der Waals surface area contributed by atoms with Crippen LogP contribution in [0.4, 0.5) is 0 Å². The molecule has 0 unspecified atom stereocenters. The Balaban J connectivity index is 2.08. The zero-order valence-corrected chi connectivity index (χ0v) is 13.2. The molecule has 0 fully saturated rings. The van der Waals surface area contributed by atoms with E-state index in [1.54, 1.807) is 11.8 Å². The molecule has 1 heterocycles. The second kappa shape index (κ2) is 5.89. The molecule has 0 saturated carbocycles. The molecule has 0 aliphatic carbocycles. The fourth-order valence-corrected chi connectivity index (χ4v) is 2.99. The topological polar surface area (TPSA) is 12.9 Å². The van der Waals surface area contributed by atoms with E-state index in [0.717, 1.165) is 15.3 Å². The minimum atomic E-state index is 0.969. The van der Waals surface area contributed by atoms with E-state index in [1.807, 2.05) is 6.20 Å². The van der Waals surface area contributed by atoms with Gasteiger partial charge in [-0.25, -0.2) is 4.98 Å². The first kappa shape index (κ1) is 13.6. The van der Waals surface area contributed by atoms with Crippen molar-refractivity contribution in [2.24, 2.45) is 0 Å². The monoisotopic (exact) mass is 321 g/mol. The highest BCUT2D eigenvalue weighted by molar-refractivity contribution is 9.10. The maximum absolute atomic E-state index is 4.42. The molecule has 1 aromatic heterocycles. The normalized spacial score (nSPS) is 10.7. The van der Waals surface area contributed by atoms with Gasteiger partial charge < -0.3 is 0 Å². The van der Waals surface area contributed by atoms with Crippen LogP contribution in [-0.2, 0) is 5.75 Å². The van der Waals surface area contributed by atoms with Gasteiger partial charge in [0.05, 0.1) is 5.03 Å². The van der Waals surface area contributed by atoms with Gasteiger partial charge in [-0.1, -0.05) is 29.3 Å². The third kappa shape index (κ3) is 3.59. The zero-order chi connectivity index (χ0) is 13.1. The minimum Gasteiger partial charge on any atom is -0.249 e. The molecule has 0 radical (unpaired) electrons. The van der Waals surface area contributed by atoms with E-state index >= 15 is 0 Å². The first-order chi connectivity index (χ1) is 8.54. The van der Waals surface area contributed by atoms with Crippen LogP contribution in [0.25, 0.3) is 0 Å². The number of benzene rings is 1. The van der Waals surface area contributed by atoms with Crippen molar-refractivity contribution in [3.63, 3.8) is 0 Å². The molecule has 2 rings (SSSR count). The molecule has 18 heavy (non-hydrogen) atoms. The fourth-order valence-electron chi connectivity index (χ4n) is 1.90. The molecule has 1 nitrogen and oxygen atoms in total. The number of rotatable bonds is 3. The van der Waals surface area contributed by atoms with Crippen molar-refractivity contribution in [1.29, 1.82) is 0 Å². The number of nitrogens with zero attached hydrogens (tertiary/aromatic N) is 1. The molecule has 1 aromatic carbocycles. The Morgan fingerprint density at radius 3 is 2.33 bits per heavy atom. The highest BCUT2D eigenvalue weighted by Crippen LogP contribution is 2.25. The van der Waals surface area contributed by atoms with Crippen LogP contribution in [0.5, 0.6) is 0 Å². The molecule has 0 spiro atoms. The first-order valence-corrected chi connectivity index (χ1v) is 7.64. The van der Waals surface area contributed by atoms with Crippen molar-refractivity contribution >= 4 is 27.7 Å². The minimum absolute atomic E-state index is 0.969. The van der Waals surface area contributed by atoms with E-state index in [-0.39, 0.29) is 0 Å². The SMILES string of the molecule is Cc1cc(C)cc(CSc2cc(C)c(Br)cn2)c1. The Labute approximate surface area is 121 Å². The van der Waals surface area contributed by atoms with E-state index < -0.39 is 0 Å². The van der Waals surface area contributed by atoms with Gasteiger partial charge in [0.2, 0.25) is 0 Å². The Hall–Kier alpha value is -0.800. The standard InChI is InChI=1S/C15H16BrNS/c1-10-4-11(2)6-13(5-10)9-18-15-7-12(3)14(16)8-17-15/h4-8H,9H2,1-3H3. The van der Waals surface area contributed by atoms with Gasteiger partial charge in [-0.05, 0) is 53.9 Å². The number of halogens is 1. The smallest absolute Gasteiger partial charge is 0.0966 e. The summed E-state index contributed by atoms with van der Waals surface area (Å²) in [6.07, 6.45) is 1.87. The molecular formula is C15H16BrNS. The van der Waals surface area contributed by atoms with Gasteiger partial charge >= 0.3 is 0 Å². The second-order valence-corrected chi connectivity index (χ2v) is 6.41. The molecule has 0 N–H and O–H groups in total. The third-order valence-electron chi connectivity index (χ3n) is 2.69. The van der Waals surface area contributed by atoms with Gasteiger partial charge in [0.25, 0.3) is 0 Å². The lowest BCUT2D eigenvalue weighted by atomic mass is 10.1. The molecule has 0 bridgehead atoms. The second-order valence-electron chi connectivity index (χ2n) is 4.56. The van der Waals surface area contributed by atoms with E-state index in [1.165, 1.54) is 22.3 Å². The first-order valence-electron chi connectivity index (χ1n) is 5.87. The molecule has 2 aromatic rings. The quantitative estimate of drug-likeness (QED) is 0.733. The average molecular weight is 322 g/mol. The van der Waals surface area contributed by atoms with E-state index in [4.69, 9.17) is 0 Å². The maximum Gasteiger partial charge on any atom is 0.0966 e. The van der Waals surface area contributed by atoms with Gasteiger partial charge in [-0.15, -0.1) is 11.8 Å². The Kier molecular flexibility index (Phi) is 4.46. The summed E-state index contributed by atoms with van der Waals surface area (Å²) in [5, 5.41) is 1.08. The predicted molar refractivity (Wildman–Crippen MR) is 82.2 cm³/mol. The number of aromatic nitrogens is 1. The van der Waals surface area contributed by atoms with Crippen molar-refractivity contribution < 1.29 is 0 Å². The van der Waals surface area contributed by atoms with E-state index in [9.17, 15) is 0 Å². The van der Waals surface area contributed by atoms with Crippen molar-refractivity contribution in [1.82, 2.24) is 4.98 Å². The summed E-state index contributed by atoms with van der Waals surface area (Å²) in [5.41, 5.74) is 5.24. The van der Waals surface area contributed by atoms with Gasteiger partial charge in [0, 0.05) is 16.4 Å². The molecule has 94 valence electrons. The number of hydrogen-bond acceptors (Lipinski definition) is 2. The van der Waals surface area contributed by atoms with Crippen LogP contribution in [-0.4, -0.2) is 4.98 Å². The van der Waals surface area contributed by atoms with Crippen LogP contribution in [0.3, 0.4) is 0 Å². The largest absolute Gasteiger partial charge is 0.249 e. The van der Waals surface area contributed by atoms with Crippen LogP contribution in [0.2, 0.25) is 0 Å². The van der Waals surface area contributed by atoms with Crippen molar-refractivity contribution in [3.05, 3.63) is 57.2 Å². The van der Waals surface area contributed by atoms with Crippen molar-refractivity contribution in [3.8, 4) is 0 Å². The summed E-state index contributed by atoms with van der Waals surface area (Å²) in [7, 11) is 0. The number of thioether (sulfide) groups is 1. The fraction of sp³-hybridized carbons (Fsp3) is 0.267.